The van der Waals surface area contributed by atoms with Crippen molar-refractivity contribution in [3.8, 4) is 11.8 Å². The van der Waals surface area contributed by atoms with E-state index in [0.29, 0.717) is 23.6 Å². The number of hydrogen-bond donors (Lipinski definition) is 1. The van der Waals surface area contributed by atoms with Gasteiger partial charge in [0.2, 0.25) is 5.91 Å². The van der Waals surface area contributed by atoms with Gasteiger partial charge in [-0.3, -0.25) is 4.79 Å². The molecule has 0 heterocycles. The smallest absolute Gasteiger partial charge is 0.235 e. The van der Waals surface area contributed by atoms with Crippen LogP contribution in [0.2, 0.25) is 0 Å². The number of hydrogen-bond acceptors (Lipinski definition) is 3. The number of anilines is 1. The van der Waals surface area contributed by atoms with Crippen molar-refractivity contribution < 1.29 is 9.53 Å². The van der Waals surface area contributed by atoms with Crippen LogP contribution in [0.4, 0.5) is 5.69 Å². The Bertz CT molecular complexity index is 844. The lowest BCUT2D eigenvalue weighted by molar-refractivity contribution is -0.121. The SMILES string of the molecule is CCCOc1ccc(NC(=O)C2(c3ccc(C)cc3)CCCC2)c(C#N)c1. The molecule has 1 aliphatic carbocycles. The molecule has 2 aromatic carbocycles. The first-order valence-corrected chi connectivity index (χ1v) is 9.64. The molecule has 1 N–H and O–H groups in total. The zero-order valence-electron chi connectivity index (χ0n) is 16.0. The summed E-state index contributed by atoms with van der Waals surface area (Å²) >= 11 is 0. The third kappa shape index (κ3) is 3.98. The predicted octanol–water partition coefficient (Wildman–Crippen LogP) is 5.11. The number of rotatable bonds is 6. The molecule has 0 radical (unpaired) electrons. The molecular weight excluding hydrogens is 336 g/mol. The third-order valence-electron chi connectivity index (χ3n) is 5.33. The molecule has 1 amide bonds. The molecule has 1 aliphatic rings. The largest absolute Gasteiger partial charge is 0.494 e. The van der Waals surface area contributed by atoms with Crippen LogP contribution in [0.15, 0.2) is 42.5 Å². The van der Waals surface area contributed by atoms with Gasteiger partial charge in [-0.1, -0.05) is 49.6 Å². The molecule has 0 aliphatic heterocycles. The Kier molecular flexibility index (Phi) is 5.81. The molecule has 3 rings (SSSR count). The summed E-state index contributed by atoms with van der Waals surface area (Å²) in [7, 11) is 0. The first-order chi connectivity index (χ1) is 13.1. The van der Waals surface area contributed by atoms with E-state index in [-0.39, 0.29) is 5.91 Å². The molecule has 0 unspecified atom stereocenters. The number of aryl methyl sites for hydroxylation is 1. The molecule has 0 saturated heterocycles. The monoisotopic (exact) mass is 362 g/mol. The normalized spacial score (nSPS) is 15.1. The Morgan fingerprint density at radius 2 is 1.89 bits per heavy atom. The number of carbonyl (C=O) groups excluding carboxylic acids is 1. The van der Waals surface area contributed by atoms with E-state index < -0.39 is 5.41 Å². The van der Waals surface area contributed by atoms with Crippen LogP contribution in [0.1, 0.15) is 55.7 Å². The number of nitrogens with zero attached hydrogens (tertiary/aromatic N) is 1. The Morgan fingerprint density at radius 1 is 1.19 bits per heavy atom. The third-order valence-corrected chi connectivity index (χ3v) is 5.33. The van der Waals surface area contributed by atoms with Gasteiger partial charge < -0.3 is 10.1 Å². The lowest BCUT2D eigenvalue weighted by Crippen LogP contribution is -2.38. The zero-order chi connectivity index (χ0) is 19.3. The number of nitrogens with one attached hydrogen (secondary N) is 1. The minimum atomic E-state index is -0.516. The standard InChI is InChI=1S/C23H26N2O2/c1-3-14-27-20-10-11-21(18(15-20)16-24)25-22(26)23(12-4-5-13-23)19-8-6-17(2)7-9-19/h6-11,15H,3-5,12-14H2,1-2H3,(H,25,26). The minimum absolute atomic E-state index is 0.0254. The van der Waals surface area contributed by atoms with Crippen LogP contribution in [0.5, 0.6) is 5.75 Å². The van der Waals surface area contributed by atoms with Crippen molar-refractivity contribution in [3.63, 3.8) is 0 Å². The summed E-state index contributed by atoms with van der Waals surface area (Å²) in [6, 6.07) is 15.7. The van der Waals surface area contributed by atoms with Crippen LogP contribution in [-0.2, 0) is 10.2 Å². The van der Waals surface area contributed by atoms with E-state index in [9.17, 15) is 10.1 Å². The van der Waals surface area contributed by atoms with Crippen molar-refractivity contribution in [1.82, 2.24) is 0 Å². The minimum Gasteiger partial charge on any atom is -0.494 e. The number of nitriles is 1. The van der Waals surface area contributed by atoms with Crippen molar-refractivity contribution in [2.75, 3.05) is 11.9 Å². The summed E-state index contributed by atoms with van der Waals surface area (Å²) in [5.74, 6) is 0.628. The maximum atomic E-state index is 13.3. The van der Waals surface area contributed by atoms with Gasteiger partial charge in [-0.15, -0.1) is 0 Å². The van der Waals surface area contributed by atoms with Crippen LogP contribution in [-0.4, -0.2) is 12.5 Å². The van der Waals surface area contributed by atoms with Crippen LogP contribution in [0.25, 0.3) is 0 Å². The van der Waals surface area contributed by atoms with E-state index in [4.69, 9.17) is 4.74 Å². The van der Waals surface area contributed by atoms with E-state index in [2.05, 4.69) is 35.7 Å². The summed E-state index contributed by atoms with van der Waals surface area (Å²) in [4.78, 5) is 13.3. The van der Waals surface area contributed by atoms with Crippen molar-refractivity contribution >= 4 is 11.6 Å². The van der Waals surface area contributed by atoms with E-state index in [1.807, 2.05) is 13.8 Å². The van der Waals surface area contributed by atoms with Crippen molar-refractivity contribution in [2.24, 2.45) is 0 Å². The van der Waals surface area contributed by atoms with Gasteiger partial charge in [-0.25, -0.2) is 0 Å². The highest BCUT2D eigenvalue weighted by Crippen LogP contribution is 2.42. The van der Waals surface area contributed by atoms with Gasteiger partial charge in [-0.05, 0) is 49.9 Å². The molecule has 1 fully saturated rings. The average Bonchev–Trinajstić information content (AvgIpc) is 3.19. The van der Waals surface area contributed by atoms with Crippen molar-refractivity contribution in [1.29, 1.82) is 5.26 Å². The fourth-order valence-electron chi connectivity index (χ4n) is 3.77. The van der Waals surface area contributed by atoms with E-state index in [1.54, 1.807) is 18.2 Å². The molecule has 0 spiro atoms. The average molecular weight is 362 g/mol. The summed E-state index contributed by atoms with van der Waals surface area (Å²) in [6.07, 6.45) is 4.65. The predicted molar refractivity (Wildman–Crippen MR) is 107 cm³/mol. The molecule has 0 aromatic heterocycles. The Balaban J connectivity index is 1.86. The molecule has 2 aromatic rings. The van der Waals surface area contributed by atoms with Gasteiger partial charge >= 0.3 is 0 Å². The van der Waals surface area contributed by atoms with Gasteiger partial charge in [0.15, 0.2) is 0 Å². The summed E-state index contributed by atoms with van der Waals surface area (Å²) < 4.78 is 5.59. The lowest BCUT2D eigenvalue weighted by atomic mass is 9.77. The number of benzene rings is 2. The van der Waals surface area contributed by atoms with Crippen LogP contribution in [0, 0.1) is 18.3 Å². The van der Waals surface area contributed by atoms with Crippen LogP contribution < -0.4 is 10.1 Å². The van der Waals surface area contributed by atoms with Gasteiger partial charge in [0.05, 0.1) is 23.3 Å². The highest BCUT2D eigenvalue weighted by atomic mass is 16.5. The molecule has 27 heavy (non-hydrogen) atoms. The van der Waals surface area contributed by atoms with Crippen LogP contribution in [0.3, 0.4) is 0 Å². The second-order valence-electron chi connectivity index (χ2n) is 7.28. The Labute approximate surface area is 161 Å². The zero-order valence-corrected chi connectivity index (χ0v) is 16.0. The summed E-state index contributed by atoms with van der Waals surface area (Å²) in [5, 5.41) is 12.5. The first-order valence-electron chi connectivity index (χ1n) is 9.64. The summed E-state index contributed by atoms with van der Waals surface area (Å²) in [5.41, 5.74) is 2.70. The Hall–Kier alpha value is -2.80. The highest BCUT2D eigenvalue weighted by Gasteiger charge is 2.42. The van der Waals surface area contributed by atoms with Gasteiger partial charge in [0.1, 0.15) is 11.8 Å². The Morgan fingerprint density at radius 3 is 2.52 bits per heavy atom. The first kappa shape index (κ1) is 19.0. The fraction of sp³-hybridized carbons (Fsp3) is 0.391. The highest BCUT2D eigenvalue weighted by molar-refractivity contribution is 6.00. The number of amides is 1. The van der Waals surface area contributed by atoms with Crippen LogP contribution >= 0.6 is 0 Å². The van der Waals surface area contributed by atoms with Gasteiger partial charge in [-0.2, -0.15) is 5.26 Å². The lowest BCUT2D eigenvalue weighted by Gasteiger charge is -2.28. The molecule has 140 valence electrons. The van der Waals surface area contributed by atoms with Gasteiger partial charge in [0, 0.05) is 0 Å². The topological polar surface area (TPSA) is 62.1 Å². The van der Waals surface area contributed by atoms with Gasteiger partial charge in [0.25, 0.3) is 0 Å². The quantitative estimate of drug-likeness (QED) is 0.777. The maximum absolute atomic E-state index is 13.3. The molecule has 4 heteroatoms. The molecule has 0 atom stereocenters. The second-order valence-corrected chi connectivity index (χ2v) is 7.28. The molecular formula is C23H26N2O2. The molecule has 4 nitrogen and oxygen atoms in total. The maximum Gasteiger partial charge on any atom is 0.235 e. The van der Waals surface area contributed by atoms with Crippen molar-refractivity contribution in [3.05, 3.63) is 59.2 Å². The number of ether oxygens (including phenoxy) is 1. The fourth-order valence-corrected chi connectivity index (χ4v) is 3.77. The summed E-state index contributed by atoms with van der Waals surface area (Å²) in [6.45, 7) is 4.69. The van der Waals surface area contributed by atoms with Crippen molar-refractivity contribution in [2.45, 2.75) is 51.4 Å². The molecule has 1 saturated carbocycles. The molecule has 0 bridgehead atoms. The number of carbonyl (C=O) groups is 1. The second kappa shape index (κ2) is 8.26. The van der Waals surface area contributed by atoms with E-state index in [1.165, 1.54) is 5.56 Å². The van der Waals surface area contributed by atoms with E-state index in [0.717, 1.165) is 37.7 Å². The van der Waals surface area contributed by atoms with E-state index >= 15 is 0 Å².